The Balaban J connectivity index is 0. The Hall–Kier alpha value is 0.440. The molecule has 0 aliphatic carbocycles. The first-order valence-electron chi connectivity index (χ1n) is 22.1. The minimum atomic E-state index is 0. The molecule has 0 saturated carbocycles. The van der Waals surface area contributed by atoms with Gasteiger partial charge in [-0.05, 0) is 51.4 Å². The van der Waals surface area contributed by atoms with Crippen LogP contribution in [0.5, 0.6) is 0 Å². The molecule has 0 aliphatic heterocycles. The molecule has 0 heterocycles. The van der Waals surface area contributed by atoms with Gasteiger partial charge in [-0.1, -0.05) is 207 Å². The summed E-state index contributed by atoms with van der Waals surface area (Å²) in [6, 6.07) is 0. The first-order chi connectivity index (χ1) is 22.2. The fourth-order valence-corrected chi connectivity index (χ4v) is 7.70. The monoisotopic (exact) mass is 714 g/mol. The molecule has 0 atom stereocenters. The Kier molecular flexibility index (Phi) is 43.9. The van der Waals surface area contributed by atoms with E-state index in [9.17, 15) is 0 Å². The van der Waals surface area contributed by atoms with Crippen molar-refractivity contribution in [1.82, 2.24) is 0 Å². The summed E-state index contributed by atoms with van der Waals surface area (Å²) >= 11 is 0. The molecule has 0 amide bonds. The van der Waals surface area contributed by atoms with Crippen LogP contribution in [0.15, 0.2) is 0 Å². The summed E-state index contributed by atoms with van der Waals surface area (Å²) in [5.74, 6) is 0. The van der Waals surface area contributed by atoms with Crippen LogP contribution in [0.2, 0.25) is 0 Å². The number of unbranched alkanes of at least 4 members (excludes halogenated alkanes) is 32. The molecule has 0 spiro atoms. The van der Waals surface area contributed by atoms with Crippen LogP contribution in [0.3, 0.4) is 0 Å². The quantitative estimate of drug-likeness (QED) is 0.0438. The molecule has 280 valence electrons. The van der Waals surface area contributed by atoms with Crippen LogP contribution in [0.4, 0.5) is 0 Å². The Morgan fingerprint density at radius 2 is 0.326 bits per heavy atom. The van der Waals surface area contributed by atoms with Crippen molar-refractivity contribution in [3.05, 3.63) is 0 Å². The Bertz CT molecular complexity index is 474. The standard InChI is InChI=1S/C44H92N.BrH/c1-5-9-13-17-19-21-23-25-27-29-31-33-35-39-43-45(41-37-15-11-7-3,42-38-16-12-8-4)44-40-36-34-32-30-28-26-24-22-20-18-14-10-6-2;/h5-44H2,1-4H3;1H/q+1;/p-1. The van der Waals surface area contributed by atoms with Gasteiger partial charge in [-0.25, -0.2) is 0 Å². The molecule has 1 nitrogen and oxygen atoms in total. The van der Waals surface area contributed by atoms with Crippen molar-refractivity contribution >= 4 is 0 Å². The van der Waals surface area contributed by atoms with E-state index in [1.54, 1.807) is 0 Å². The molecule has 0 unspecified atom stereocenters. The Morgan fingerprint density at radius 3 is 0.500 bits per heavy atom. The van der Waals surface area contributed by atoms with Gasteiger partial charge in [0.15, 0.2) is 0 Å². The van der Waals surface area contributed by atoms with Crippen LogP contribution in [0.1, 0.15) is 259 Å². The molecule has 0 rings (SSSR count). The number of hydrogen-bond acceptors (Lipinski definition) is 0. The molecular weight excluding hydrogens is 622 g/mol. The van der Waals surface area contributed by atoms with Crippen molar-refractivity contribution in [3.63, 3.8) is 0 Å². The summed E-state index contributed by atoms with van der Waals surface area (Å²) in [6.45, 7) is 15.3. The molecule has 46 heavy (non-hydrogen) atoms. The van der Waals surface area contributed by atoms with Gasteiger partial charge in [-0.2, -0.15) is 0 Å². The SMILES string of the molecule is CCCCCCCCCCCCCCCC[N+](CCCCCC)(CCCCCC)CCCCCCCCCCCCCCCC.[Br-]. The average Bonchev–Trinajstić information content (AvgIpc) is 3.05. The van der Waals surface area contributed by atoms with E-state index in [0.717, 1.165) is 0 Å². The third-order valence-electron chi connectivity index (χ3n) is 10.9. The molecule has 0 aromatic carbocycles. The van der Waals surface area contributed by atoms with Gasteiger partial charge < -0.3 is 21.5 Å². The van der Waals surface area contributed by atoms with Crippen LogP contribution >= 0.6 is 0 Å². The normalized spacial score (nSPS) is 11.7. The van der Waals surface area contributed by atoms with Gasteiger partial charge in [0, 0.05) is 0 Å². The number of rotatable bonds is 40. The van der Waals surface area contributed by atoms with Crippen molar-refractivity contribution in [2.24, 2.45) is 0 Å². The lowest BCUT2D eigenvalue weighted by molar-refractivity contribution is -0.929. The molecule has 0 N–H and O–H groups in total. The highest BCUT2D eigenvalue weighted by molar-refractivity contribution is 4.55. The summed E-state index contributed by atoms with van der Waals surface area (Å²) in [5, 5.41) is 0. The second kappa shape index (κ2) is 41.6. The summed E-state index contributed by atoms with van der Waals surface area (Å²) in [4.78, 5) is 0. The van der Waals surface area contributed by atoms with Crippen molar-refractivity contribution < 1.29 is 21.5 Å². The summed E-state index contributed by atoms with van der Waals surface area (Å²) < 4.78 is 1.48. The lowest BCUT2D eigenvalue weighted by Crippen LogP contribution is -3.00. The van der Waals surface area contributed by atoms with E-state index >= 15 is 0 Å². The fourth-order valence-electron chi connectivity index (χ4n) is 7.70. The van der Waals surface area contributed by atoms with Gasteiger partial charge in [0.25, 0.3) is 0 Å². The van der Waals surface area contributed by atoms with Crippen LogP contribution in [-0.4, -0.2) is 30.7 Å². The third-order valence-corrected chi connectivity index (χ3v) is 10.9. The molecule has 2 heteroatoms. The number of halogens is 1. The van der Waals surface area contributed by atoms with Gasteiger partial charge in [-0.3, -0.25) is 0 Å². The summed E-state index contributed by atoms with van der Waals surface area (Å²) in [6.07, 6.45) is 52.7. The molecule has 0 bridgehead atoms. The lowest BCUT2D eigenvalue weighted by atomic mass is 10.0. The highest BCUT2D eigenvalue weighted by Crippen LogP contribution is 2.21. The fraction of sp³-hybridized carbons (Fsp3) is 1.00. The van der Waals surface area contributed by atoms with Gasteiger partial charge in [0.2, 0.25) is 0 Å². The maximum atomic E-state index is 2.37. The van der Waals surface area contributed by atoms with Crippen LogP contribution in [0.25, 0.3) is 0 Å². The second-order valence-electron chi connectivity index (χ2n) is 15.5. The van der Waals surface area contributed by atoms with Gasteiger partial charge >= 0.3 is 0 Å². The molecular formula is C44H92BrN. The zero-order valence-electron chi connectivity index (χ0n) is 33.1. The maximum Gasteiger partial charge on any atom is 0.0786 e. The number of nitrogens with zero attached hydrogens (tertiary/aromatic N) is 1. The van der Waals surface area contributed by atoms with Crippen molar-refractivity contribution in [1.29, 1.82) is 0 Å². The van der Waals surface area contributed by atoms with E-state index in [1.807, 2.05) is 0 Å². The third kappa shape index (κ3) is 35.7. The highest BCUT2D eigenvalue weighted by Gasteiger charge is 2.25. The lowest BCUT2D eigenvalue weighted by Gasteiger charge is -2.39. The topological polar surface area (TPSA) is 0 Å². The molecule has 0 aromatic rings. The Morgan fingerprint density at radius 1 is 0.196 bits per heavy atom. The first-order valence-corrected chi connectivity index (χ1v) is 22.1. The minimum Gasteiger partial charge on any atom is -1.00 e. The van der Waals surface area contributed by atoms with Gasteiger partial charge in [0.05, 0.1) is 26.2 Å². The number of quaternary nitrogens is 1. The van der Waals surface area contributed by atoms with Gasteiger partial charge in [0.1, 0.15) is 0 Å². The van der Waals surface area contributed by atoms with E-state index in [0.29, 0.717) is 0 Å². The zero-order valence-corrected chi connectivity index (χ0v) is 34.7. The average molecular weight is 715 g/mol. The summed E-state index contributed by atoms with van der Waals surface area (Å²) in [7, 11) is 0. The largest absolute Gasteiger partial charge is 1.00 e. The first kappa shape index (κ1) is 48.6. The van der Waals surface area contributed by atoms with Crippen LogP contribution in [-0.2, 0) is 0 Å². The minimum absolute atomic E-state index is 0. The molecule has 0 aliphatic rings. The molecule has 0 aromatic heterocycles. The maximum absolute atomic E-state index is 2.37. The van der Waals surface area contributed by atoms with Crippen molar-refractivity contribution in [3.8, 4) is 0 Å². The van der Waals surface area contributed by atoms with E-state index in [2.05, 4.69) is 27.7 Å². The van der Waals surface area contributed by atoms with E-state index in [4.69, 9.17) is 0 Å². The van der Waals surface area contributed by atoms with Crippen LogP contribution < -0.4 is 17.0 Å². The zero-order chi connectivity index (χ0) is 32.8. The van der Waals surface area contributed by atoms with Gasteiger partial charge in [-0.15, -0.1) is 0 Å². The highest BCUT2D eigenvalue weighted by atomic mass is 79.9. The summed E-state index contributed by atoms with van der Waals surface area (Å²) in [5.41, 5.74) is 0. The number of hydrogen-bond donors (Lipinski definition) is 0. The molecule has 0 saturated heterocycles. The van der Waals surface area contributed by atoms with E-state index in [1.165, 1.54) is 262 Å². The van der Waals surface area contributed by atoms with E-state index < -0.39 is 0 Å². The van der Waals surface area contributed by atoms with E-state index in [-0.39, 0.29) is 17.0 Å². The Labute approximate surface area is 305 Å². The van der Waals surface area contributed by atoms with Crippen molar-refractivity contribution in [2.75, 3.05) is 26.2 Å². The predicted molar refractivity (Wildman–Crippen MR) is 209 cm³/mol. The molecule has 0 fully saturated rings. The molecule has 0 radical (unpaired) electrons. The smallest absolute Gasteiger partial charge is 0.0786 e. The van der Waals surface area contributed by atoms with Crippen molar-refractivity contribution in [2.45, 2.75) is 259 Å². The van der Waals surface area contributed by atoms with Crippen LogP contribution in [0, 0.1) is 0 Å². The second-order valence-corrected chi connectivity index (χ2v) is 15.5. The predicted octanol–water partition coefficient (Wildman–Crippen LogP) is 12.9.